The van der Waals surface area contributed by atoms with Crippen LogP contribution in [0.3, 0.4) is 0 Å². The average molecular weight is 275 g/mol. The molecule has 1 atom stereocenters. The van der Waals surface area contributed by atoms with Gasteiger partial charge < -0.3 is 9.61 Å². The van der Waals surface area contributed by atoms with Crippen molar-refractivity contribution < 1.29 is 9.09 Å². The first-order valence-corrected chi connectivity index (χ1v) is 7.92. The maximum atomic E-state index is 13.1. The molecule has 4 heteroatoms. The fourth-order valence-corrected chi connectivity index (χ4v) is 3.92. The molecule has 0 amide bonds. The van der Waals surface area contributed by atoms with Gasteiger partial charge in [0.05, 0.1) is 11.9 Å². The molecule has 0 fully saturated rings. The van der Waals surface area contributed by atoms with E-state index in [0.717, 1.165) is 16.6 Å². The van der Waals surface area contributed by atoms with Gasteiger partial charge in [0.1, 0.15) is 0 Å². The monoisotopic (exact) mass is 275 g/mol. The van der Waals surface area contributed by atoms with Gasteiger partial charge in [-0.2, -0.15) is 0 Å². The van der Waals surface area contributed by atoms with Gasteiger partial charge in [-0.15, -0.1) is 0 Å². The van der Waals surface area contributed by atoms with Gasteiger partial charge in [-0.3, -0.25) is 4.57 Å². The lowest BCUT2D eigenvalue weighted by Gasteiger charge is -2.21. The van der Waals surface area contributed by atoms with Crippen molar-refractivity contribution in [1.82, 2.24) is 0 Å². The van der Waals surface area contributed by atoms with Crippen molar-refractivity contribution in [3.05, 3.63) is 60.2 Å². The highest BCUT2D eigenvalue weighted by Crippen LogP contribution is 2.46. The van der Waals surface area contributed by atoms with Crippen molar-refractivity contribution in [2.24, 2.45) is 0 Å². The number of aryl methyl sites for hydroxylation is 1. The van der Waals surface area contributed by atoms with Gasteiger partial charge in [-0.05, 0) is 37.6 Å². The molecule has 19 heavy (non-hydrogen) atoms. The molecular formula is C15H18NO2P. The van der Waals surface area contributed by atoms with E-state index in [9.17, 15) is 4.57 Å². The van der Waals surface area contributed by atoms with Crippen LogP contribution in [-0.4, -0.2) is 6.61 Å². The van der Waals surface area contributed by atoms with Crippen LogP contribution in [0.1, 0.15) is 12.5 Å². The molecule has 1 unspecified atom stereocenters. The van der Waals surface area contributed by atoms with Crippen molar-refractivity contribution in [2.75, 3.05) is 11.7 Å². The van der Waals surface area contributed by atoms with E-state index in [2.05, 4.69) is 5.09 Å². The molecule has 0 aromatic heterocycles. The molecule has 2 aromatic rings. The summed E-state index contributed by atoms with van der Waals surface area (Å²) in [5.74, 6) is 0. The summed E-state index contributed by atoms with van der Waals surface area (Å²) < 4.78 is 18.6. The van der Waals surface area contributed by atoms with Crippen molar-refractivity contribution >= 4 is 18.5 Å². The molecule has 0 saturated heterocycles. The highest BCUT2D eigenvalue weighted by atomic mass is 31.2. The number of hydrogen-bond donors (Lipinski definition) is 1. The summed E-state index contributed by atoms with van der Waals surface area (Å²) in [5, 5.41) is 3.77. The second-order valence-corrected chi connectivity index (χ2v) is 6.30. The summed E-state index contributed by atoms with van der Waals surface area (Å²) >= 11 is 0. The van der Waals surface area contributed by atoms with Gasteiger partial charge in [0.15, 0.2) is 0 Å². The highest BCUT2D eigenvalue weighted by Gasteiger charge is 2.27. The fraction of sp³-hybridized carbons (Fsp3) is 0.200. The van der Waals surface area contributed by atoms with Crippen LogP contribution < -0.4 is 10.4 Å². The van der Waals surface area contributed by atoms with E-state index in [-0.39, 0.29) is 0 Å². The van der Waals surface area contributed by atoms with Crippen LogP contribution in [0.15, 0.2) is 54.6 Å². The molecular weight excluding hydrogens is 257 g/mol. The SMILES string of the molecule is CCOP(=O)(Nc1ccccc1)c1ccccc1C. The van der Waals surface area contributed by atoms with Gasteiger partial charge in [0.25, 0.3) is 0 Å². The quantitative estimate of drug-likeness (QED) is 0.839. The van der Waals surface area contributed by atoms with Crippen molar-refractivity contribution in [3.8, 4) is 0 Å². The van der Waals surface area contributed by atoms with E-state index in [1.54, 1.807) is 0 Å². The van der Waals surface area contributed by atoms with Crippen LogP contribution in [0.5, 0.6) is 0 Å². The number of rotatable bonds is 5. The molecule has 100 valence electrons. The molecule has 0 heterocycles. The second-order valence-electron chi connectivity index (χ2n) is 4.23. The molecule has 0 aliphatic heterocycles. The fourth-order valence-electron chi connectivity index (χ4n) is 1.92. The van der Waals surface area contributed by atoms with Gasteiger partial charge >= 0.3 is 7.52 Å². The minimum absolute atomic E-state index is 0.394. The minimum atomic E-state index is -3.08. The minimum Gasteiger partial charge on any atom is -0.312 e. The molecule has 0 aliphatic rings. The largest absolute Gasteiger partial charge is 0.324 e. The Balaban J connectivity index is 2.38. The number of hydrogen-bond acceptors (Lipinski definition) is 2. The first-order chi connectivity index (χ1) is 9.15. The zero-order valence-corrected chi connectivity index (χ0v) is 12.1. The Hall–Kier alpha value is -1.57. The Morgan fingerprint density at radius 1 is 1.05 bits per heavy atom. The maximum absolute atomic E-state index is 13.1. The first kappa shape index (κ1) is 13.9. The van der Waals surface area contributed by atoms with Crippen LogP contribution in [0.25, 0.3) is 0 Å². The Morgan fingerprint density at radius 3 is 2.32 bits per heavy atom. The molecule has 3 nitrogen and oxygen atoms in total. The molecule has 0 radical (unpaired) electrons. The molecule has 0 bridgehead atoms. The van der Waals surface area contributed by atoms with Gasteiger partial charge in [-0.25, -0.2) is 0 Å². The molecule has 0 spiro atoms. The van der Waals surface area contributed by atoms with E-state index >= 15 is 0 Å². The van der Waals surface area contributed by atoms with Crippen LogP contribution in [0.4, 0.5) is 5.69 Å². The van der Waals surface area contributed by atoms with Gasteiger partial charge in [0, 0.05) is 5.69 Å². The van der Waals surface area contributed by atoms with E-state index in [0.29, 0.717) is 6.61 Å². The predicted molar refractivity (Wildman–Crippen MR) is 80.1 cm³/mol. The van der Waals surface area contributed by atoms with E-state index in [4.69, 9.17) is 4.52 Å². The van der Waals surface area contributed by atoms with E-state index in [1.807, 2.05) is 68.4 Å². The number of anilines is 1. The molecule has 2 rings (SSSR count). The van der Waals surface area contributed by atoms with E-state index < -0.39 is 7.52 Å². The van der Waals surface area contributed by atoms with Crippen LogP contribution in [0, 0.1) is 6.92 Å². The lowest BCUT2D eigenvalue weighted by molar-refractivity contribution is 0.344. The Labute approximate surface area is 114 Å². The first-order valence-electron chi connectivity index (χ1n) is 6.30. The summed E-state index contributed by atoms with van der Waals surface area (Å²) in [6.45, 7) is 4.18. The van der Waals surface area contributed by atoms with Crippen LogP contribution in [0.2, 0.25) is 0 Å². The smallest absolute Gasteiger partial charge is 0.312 e. The molecule has 1 N–H and O–H groups in total. The normalized spacial score (nSPS) is 13.8. The lowest BCUT2D eigenvalue weighted by atomic mass is 10.2. The zero-order valence-electron chi connectivity index (χ0n) is 11.2. The predicted octanol–water partition coefficient (Wildman–Crippen LogP) is 3.96. The van der Waals surface area contributed by atoms with Crippen molar-refractivity contribution in [1.29, 1.82) is 0 Å². The Bertz CT molecular complexity index is 584. The molecule has 0 saturated carbocycles. The van der Waals surface area contributed by atoms with Gasteiger partial charge in [0.2, 0.25) is 0 Å². The zero-order chi connectivity index (χ0) is 13.7. The van der Waals surface area contributed by atoms with E-state index in [1.165, 1.54) is 0 Å². The third-order valence-corrected chi connectivity index (χ3v) is 5.10. The maximum Gasteiger partial charge on any atom is 0.324 e. The van der Waals surface area contributed by atoms with Crippen molar-refractivity contribution in [3.63, 3.8) is 0 Å². The topological polar surface area (TPSA) is 38.3 Å². The lowest BCUT2D eigenvalue weighted by Crippen LogP contribution is -2.16. The van der Waals surface area contributed by atoms with Crippen LogP contribution in [-0.2, 0) is 9.09 Å². The number of benzene rings is 2. The summed E-state index contributed by atoms with van der Waals surface area (Å²) in [6, 6.07) is 17.1. The summed E-state index contributed by atoms with van der Waals surface area (Å²) in [4.78, 5) is 0. The molecule has 2 aromatic carbocycles. The van der Waals surface area contributed by atoms with Crippen LogP contribution >= 0.6 is 7.52 Å². The third-order valence-electron chi connectivity index (χ3n) is 2.79. The number of nitrogens with one attached hydrogen (secondary N) is 1. The Kier molecular flexibility index (Phi) is 4.41. The number of para-hydroxylation sites is 1. The second kappa shape index (κ2) is 6.05. The standard InChI is InChI=1S/C15H18NO2P/c1-3-18-19(17,15-12-8-7-9-13(15)2)16-14-10-5-4-6-11-14/h4-12H,3H2,1-2H3,(H,16,17). The van der Waals surface area contributed by atoms with Crippen molar-refractivity contribution in [2.45, 2.75) is 13.8 Å². The summed E-state index contributed by atoms with van der Waals surface area (Å²) in [7, 11) is -3.08. The summed E-state index contributed by atoms with van der Waals surface area (Å²) in [5.41, 5.74) is 1.75. The molecule has 0 aliphatic carbocycles. The summed E-state index contributed by atoms with van der Waals surface area (Å²) in [6.07, 6.45) is 0. The highest BCUT2D eigenvalue weighted by molar-refractivity contribution is 7.68. The Morgan fingerprint density at radius 2 is 1.68 bits per heavy atom. The van der Waals surface area contributed by atoms with Gasteiger partial charge in [-0.1, -0.05) is 36.4 Å². The average Bonchev–Trinajstić information content (AvgIpc) is 2.40. The third kappa shape index (κ3) is 3.25.